The Balaban J connectivity index is 1.40. The first-order chi connectivity index (χ1) is 13.5. The summed E-state index contributed by atoms with van der Waals surface area (Å²) in [5.41, 5.74) is 0.319. The van der Waals surface area contributed by atoms with Gasteiger partial charge in [-0.05, 0) is 31.5 Å². The number of hydrogen-bond acceptors (Lipinski definition) is 5. The fourth-order valence-electron chi connectivity index (χ4n) is 4.10. The fraction of sp³-hybridized carbons (Fsp3) is 0.550. The molecular formula is C20H26N4O3S. The molecule has 0 saturated carbocycles. The summed E-state index contributed by atoms with van der Waals surface area (Å²) < 4.78 is 7.47. The van der Waals surface area contributed by atoms with Gasteiger partial charge in [0, 0.05) is 36.6 Å². The Labute approximate surface area is 168 Å². The molecule has 28 heavy (non-hydrogen) atoms. The van der Waals surface area contributed by atoms with Crippen molar-refractivity contribution in [2.24, 2.45) is 11.3 Å². The topological polar surface area (TPSA) is 76.5 Å². The van der Waals surface area contributed by atoms with Gasteiger partial charge in [-0.15, -0.1) is 11.3 Å². The van der Waals surface area contributed by atoms with E-state index in [4.69, 9.17) is 4.74 Å². The Kier molecular flexibility index (Phi) is 5.25. The molecule has 4 heterocycles. The van der Waals surface area contributed by atoms with Crippen LogP contribution in [-0.2, 0) is 22.5 Å². The van der Waals surface area contributed by atoms with Gasteiger partial charge in [0.1, 0.15) is 0 Å². The second-order valence-electron chi connectivity index (χ2n) is 7.65. The largest absolute Gasteiger partial charge is 0.380 e. The Morgan fingerprint density at radius 2 is 2.25 bits per heavy atom. The number of nitrogens with one attached hydrogen (secondary N) is 1. The third kappa shape index (κ3) is 3.46. The highest BCUT2D eigenvalue weighted by Crippen LogP contribution is 2.42. The Morgan fingerprint density at radius 1 is 1.39 bits per heavy atom. The van der Waals surface area contributed by atoms with Gasteiger partial charge in [0.2, 0.25) is 5.91 Å². The SMILES string of the molecule is CCc1ccc(C(=O)N2CC3COC[C@]3(C(=O)NCCn3ccc(C)n3)C2)s1. The van der Waals surface area contributed by atoms with Gasteiger partial charge in [-0.1, -0.05) is 6.92 Å². The van der Waals surface area contributed by atoms with Gasteiger partial charge in [-0.25, -0.2) is 0 Å². The zero-order chi connectivity index (χ0) is 19.7. The van der Waals surface area contributed by atoms with Crippen LogP contribution in [0, 0.1) is 18.3 Å². The van der Waals surface area contributed by atoms with E-state index in [1.54, 1.807) is 11.3 Å². The van der Waals surface area contributed by atoms with Gasteiger partial charge in [0.25, 0.3) is 5.91 Å². The molecule has 2 atom stereocenters. The maximum atomic E-state index is 13.0. The lowest BCUT2D eigenvalue weighted by Gasteiger charge is -2.25. The predicted octanol–water partition coefficient (Wildman–Crippen LogP) is 1.72. The summed E-state index contributed by atoms with van der Waals surface area (Å²) in [6, 6.07) is 5.85. The maximum absolute atomic E-state index is 13.0. The Bertz CT molecular complexity index is 876. The van der Waals surface area contributed by atoms with Crippen molar-refractivity contribution in [2.75, 3.05) is 32.8 Å². The lowest BCUT2D eigenvalue weighted by atomic mass is 9.80. The molecule has 2 aromatic rings. The number of hydrogen-bond donors (Lipinski definition) is 1. The number of aryl methyl sites for hydroxylation is 2. The van der Waals surface area contributed by atoms with Gasteiger partial charge < -0.3 is 15.0 Å². The number of nitrogens with zero attached hydrogens (tertiary/aromatic N) is 3. The Hall–Kier alpha value is -2.19. The van der Waals surface area contributed by atoms with Crippen LogP contribution in [0.25, 0.3) is 0 Å². The van der Waals surface area contributed by atoms with Crippen molar-refractivity contribution in [1.29, 1.82) is 0 Å². The monoisotopic (exact) mass is 402 g/mol. The first kappa shape index (κ1) is 19.1. The third-order valence-corrected chi connectivity index (χ3v) is 6.95. The van der Waals surface area contributed by atoms with Gasteiger partial charge in [0.15, 0.2) is 0 Å². The molecule has 150 valence electrons. The van der Waals surface area contributed by atoms with Crippen LogP contribution in [0.15, 0.2) is 24.4 Å². The molecule has 2 aliphatic heterocycles. The van der Waals surface area contributed by atoms with E-state index in [1.165, 1.54) is 4.88 Å². The number of amides is 2. The standard InChI is InChI=1S/C20H26N4O3S/c1-3-16-4-5-17(28-16)18(25)23-10-15-11-27-13-20(15,12-23)19(26)21-7-9-24-8-6-14(2)22-24/h4-6,8,15H,3,7,9-13H2,1-2H3,(H,21,26)/t15?,20-/m1/s1. The van der Waals surface area contributed by atoms with Crippen LogP contribution in [0.2, 0.25) is 0 Å². The van der Waals surface area contributed by atoms with Crippen molar-refractivity contribution in [1.82, 2.24) is 20.0 Å². The minimum Gasteiger partial charge on any atom is -0.380 e. The van der Waals surface area contributed by atoms with Gasteiger partial charge in [-0.2, -0.15) is 5.10 Å². The molecule has 2 aliphatic rings. The summed E-state index contributed by atoms with van der Waals surface area (Å²) in [4.78, 5) is 29.8. The summed E-state index contributed by atoms with van der Waals surface area (Å²) in [5.74, 6) is 0.0573. The van der Waals surface area contributed by atoms with Crippen molar-refractivity contribution in [3.8, 4) is 0 Å². The van der Waals surface area contributed by atoms with Crippen LogP contribution in [-0.4, -0.2) is 59.3 Å². The third-order valence-electron chi connectivity index (χ3n) is 5.73. The van der Waals surface area contributed by atoms with Crippen LogP contribution in [0.1, 0.15) is 27.2 Å². The molecule has 8 heteroatoms. The van der Waals surface area contributed by atoms with Crippen molar-refractivity contribution in [2.45, 2.75) is 26.8 Å². The number of fused-ring (bicyclic) bond motifs is 1. The van der Waals surface area contributed by atoms with E-state index >= 15 is 0 Å². The first-order valence-electron chi connectivity index (χ1n) is 9.76. The average molecular weight is 403 g/mol. The highest BCUT2D eigenvalue weighted by atomic mass is 32.1. The summed E-state index contributed by atoms with van der Waals surface area (Å²) in [6.45, 7) is 7.05. The van der Waals surface area contributed by atoms with Crippen LogP contribution in [0.5, 0.6) is 0 Å². The van der Waals surface area contributed by atoms with E-state index in [0.29, 0.717) is 39.4 Å². The molecule has 4 rings (SSSR count). The molecule has 2 fully saturated rings. The number of ether oxygens (including phenoxy) is 1. The molecule has 1 N–H and O–H groups in total. The van der Waals surface area contributed by atoms with Crippen LogP contribution in [0.4, 0.5) is 0 Å². The molecule has 1 unspecified atom stereocenters. The first-order valence-corrected chi connectivity index (χ1v) is 10.6. The van der Waals surface area contributed by atoms with Crippen molar-refractivity contribution in [3.63, 3.8) is 0 Å². The van der Waals surface area contributed by atoms with Gasteiger partial charge in [0.05, 0.1) is 35.7 Å². The molecular weight excluding hydrogens is 376 g/mol. The van der Waals surface area contributed by atoms with Crippen LogP contribution >= 0.6 is 11.3 Å². The summed E-state index contributed by atoms with van der Waals surface area (Å²) in [5, 5.41) is 7.38. The van der Waals surface area contributed by atoms with Crippen LogP contribution < -0.4 is 5.32 Å². The molecule has 0 spiro atoms. The normalized spacial score (nSPS) is 23.8. The lowest BCUT2D eigenvalue weighted by molar-refractivity contribution is -0.131. The molecule has 0 bridgehead atoms. The van der Waals surface area contributed by atoms with Crippen molar-refractivity contribution in [3.05, 3.63) is 39.8 Å². The molecule has 0 aromatic carbocycles. The second-order valence-corrected chi connectivity index (χ2v) is 8.82. The number of rotatable bonds is 6. The minimum absolute atomic E-state index is 0.0189. The number of likely N-dealkylation sites (tertiary alicyclic amines) is 1. The predicted molar refractivity (Wildman–Crippen MR) is 106 cm³/mol. The van der Waals surface area contributed by atoms with Crippen LogP contribution in [0.3, 0.4) is 0 Å². The molecule has 2 amide bonds. The smallest absolute Gasteiger partial charge is 0.263 e. The van der Waals surface area contributed by atoms with E-state index < -0.39 is 5.41 Å². The van der Waals surface area contributed by atoms with Crippen molar-refractivity contribution < 1.29 is 14.3 Å². The maximum Gasteiger partial charge on any atom is 0.263 e. The van der Waals surface area contributed by atoms with E-state index in [2.05, 4.69) is 17.3 Å². The zero-order valence-electron chi connectivity index (χ0n) is 16.3. The lowest BCUT2D eigenvalue weighted by Crippen LogP contribution is -2.47. The molecule has 0 aliphatic carbocycles. The average Bonchev–Trinajstić information content (AvgIpc) is 3.44. The number of carbonyl (C=O) groups is 2. The molecule has 2 saturated heterocycles. The molecule has 2 aromatic heterocycles. The number of thiophene rings is 1. The summed E-state index contributed by atoms with van der Waals surface area (Å²) in [6.07, 6.45) is 2.83. The Morgan fingerprint density at radius 3 is 2.96 bits per heavy atom. The minimum atomic E-state index is -0.638. The quantitative estimate of drug-likeness (QED) is 0.798. The molecule has 7 nitrogen and oxygen atoms in total. The van der Waals surface area contributed by atoms with E-state index in [9.17, 15) is 9.59 Å². The van der Waals surface area contributed by atoms with E-state index in [-0.39, 0.29) is 17.7 Å². The summed E-state index contributed by atoms with van der Waals surface area (Å²) in [7, 11) is 0. The van der Waals surface area contributed by atoms with Gasteiger partial charge in [-0.3, -0.25) is 14.3 Å². The van der Waals surface area contributed by atoms with Crippen molar-refractivity contribution >= 4 is 23.2 Å². The highest BCUT2D eigenvalue weighted by Gasteiger charge is 2.56. The zero-order valence-corrected chi connectivity index (χ0v) is 17.1. The van der Waals surface area contributed by atoms with E-state index in [0.717, 1.165) is 17.0 Å². The number of aromatic nitrogens is 2. The van der Waals surface area contributed by atoms with E-state index in [1.807, 2.05) is 40.9 Å². The van der Waals surface area contributed by atoms with Gasteiger partial charge >= 0.3 is 0 Å². The molecule has 0 radical (unpaired) electrons. The fourth-order valence-corrected chi connectivity index (χ4v) is 5.01. The second kappa shape index (κ2) is 7.67. The highest BCUT2D eigenvalue weighted by molar-refractivity contribution is 7.14. The summed E-state index contributed by atoms with van der Waals surface area (Å²) >= 11 is 1.54. The number of carbonyl (C=O) groups excluding carboxylic acids is 2.